The van der Waals surface area contributed by atoms with Crippen molar-refractivity contribution in [1.29, 1.82) is 0 Å². The summed E-state index contributed by atoms with van der Waals surface area (Å²) in [7, 11) is -2.22. The zero-order chi connectivity index (χ0) is 38.8. The molecule has 2 nitrogen and oxygen atoms in total. The molecule has 4 heteroatoms. The first kappa shape index (κ1) is 34.5. The van der Waals surface area contributed by atoms with Gasteiger partial charge in [0.2, 0.25) is 0 Å². The van der Waals surface area contributed by atoms with Crippen molar-refractivity contribution in [2.24, 2.45) is 0 Å². The molecule has 0 bridgehead atoms. The molecule has 11 rings (SSSR count). The van der Waals surface area contributed by atoms with Crippen LogP contribution in [-0.4, -0.2) is 8.07 Å². The number of thiophene rings is 1. The summed E-state index contributed by atoms with van der Waals surface area (Å²) in [4.78, 5) is 4.90. The Hall–Kier alpha value is -6.72. The smallest absolute Gasteiger partial charge is 0.113 e. The third-order valence-electron chi connectivity index (χ3n) is 12.0. The zero-order valence-corrected chi connectivity index (χ0v) is 34.2. The molecule has 0 amide bonds. The van der Waals surface area contributed by atoms with Crippen LogP contribution < -0.4 is 20.2 Å². The van der Waals surface area contributed by atoms with E-state index in [9.17, 15) is 0 Å². The Bertz CT molecular complexity index is 3110. The van der Waals surface area contributed by atoms with Crippen LogP contribution in [0.3, 0.4) is 0 Å². The number of rotatable bonds is 7. The SMILES string of the molecule is C[Si]1(C)c2cc(N(c3ccccc3)c3ccccc3)ccc2-c2ccc(N(c3ccc4sc5ccccc5c4c3)c3ccccc3-c3ccccc3)c3cccc1c23. The number of hydrogen-bond donors (Lipinski definition) is 0. The van der Waals surface area contributed by atoms with Gasteiger partial charge in [-0.15, -0.1) is 11.3 Å². The van der Waals surface area contributed by atoms with Crippen molar-refractivity contribution in [3.8, 4) is 22.3 Å². The lowest BCUT2D eigenvalue weighted by Crippen LogP contribution is -2.56. The van der Waals surface area contributed by atoms with Gasteiger partial charge in [0, 0.05) is 53.9 Å². The van der Waals surface area contributed by atoms with E-state index in [1.54, 1.807) is 0 Å². The van der Waals surface area contributed by atoms with Crippen molar-refractivity contribution in [3.05, 3.63) is 206 Å². The molecular formula is C54H40N2SSi. The largest absolute Gasteiger partial charge is 0.311 e. The highest BCUT2D eigenvalue weighted by molar-refractivity contribution is 7.25. The van der Waals surface area contributed by atoms with Gasteiger partial charge in [-0.25, -0.2) is 0 Å². The lowest BCUT2D eigenvalue weighted by Gasteiger charge is -2.36. The highest BCUT2D eigenvalue weighted by Gasteiger charge is 2.37. The zero-order valence-electron chi connectivity index (χ0n) is 32.4. The summed E-state index contributed by atoms with van der Waals surface area (Å²) >= 11 is 1.87. The van der Waals surface area contributed by atoms with Crippen LogP contribution in [0.2, 0.25) is 13.1 Å². The Balaban J connectivity index is 1.14. The molecule has 10 aromatic rings. The van der Waals surface area contributed by atoms with E-state index in [1.165, 1.54) is 74.9 Å². The van der Waals surface area contributed by atoms with E-state index in [-0.39, 0.29) is 0 Å². The number of nitrogens with zero attached hydrogens (tertiary/aromatic N) is 2. The Kier molecular flexibility index (Phi) is 8.17. The first-order chi connectivity index (χ1) is 28.5. The van der Waals surface area contributed by atoms with Crippen LogP contribution in [0.1, 0.15) is 0 Å². The molecule has 0 unspecified atom stereocenters. The maximum atomic E-state index is 2.54. The average Bonchev–Trinajstić information content (AvgIpc) is 3.65. The molecule has 0 fully saturated rings. The van der Waals surface area contributed by atoms with E-state index in [2.05, 4.69) is 229 Å². The Labute approximate surface area is 344 Å². The lowest BCUT2D eigenvalue weighted by molar-refractivity contribution is 1.28. The second-order valence-corrected chi connectivity index (χ2v) is 21.1. The molecule has 0 saturated heterocycles. The predicted molar refractivity (Wildman–Crippen MR) is 254 cm³/mol. The van der Waals surface area contributed by atoms with E-state index < -0.39 is 8.07 Å². The maximum absolute atomic E-state index is 2.54. The fourth-order valence-electron chi connectivity index (χ4n) is 9.29. The fourth-order valence-corrected chi connectivity index (χ4v) is 13.5. The number of hydrogen-bond acceptors (Lipinski definition) is 3. The van der Waals surface area contributed by atoms with Crippen molar-refractivity contribution in [1.82, 2.24) is 0 Å². The molecule has 0 saturated carbocycles. The highest BCUT2D eigenvalue weighted by atomic mass is 32.1. The third-order valence-corrected chi connectivity index (χ3v) is 16.7. The van der Waals surface area contributed by atoms with Crippen LogP contribution in [0.25, 0.3) is 53.2 Å². The van der Waals surface area contributed by atoms with Gasteiger partial charge in [-0.3, -0.25) is 0 Å². The van der Waals surface area contributed by atoms with E-state index in [1.807, 2.05) is 11.3 Å². The molecule has 0 aliphatic carbocycles. The van der Waals surface area contributed by atoms with Crippen molar-refractivity contribution < 1.29 is 0 Å². The lowest BCUT2D eigenvalue weighted by atomic mass is 9.94. The van der Waals surface area contributed by atoms with Crippen LogP contribution in [0.15, 0.2) is 206 Å². The first-order valence-corrected chi connectivity index (χ1v) is 23.8. The molecule has 1 aliphatic rings. The summed E-state index contributed by atoms with van der Waals surface area (Å²) in [6.45, 7) is 5.07. The van der Waals surface area contributed by atoms with Gasteiger partial charge < -0.3 is 9.80 Å². The number of benzene rings is 9. The molecular weight excluding hydrogens is 737 g/mol. The van der Waals surface area contributed by atoms with Crippen LogP contribution in [0.4, 0.5) is 34.1 Å². The standard InChI is InChI=1S/C54H40N2SSi/c1-58(2)52-28-16-25-46-49(33-32-45(54(46)52)44-31-29-41(36-53(44)58)55(38-19-8-4-9-20-38)39-21-10-5-11-22-39)56(48-26-14-12-23-42(48)37-17-6-3-7-18-37)40-30-34-51-47(35-40)43-24-13-15-27-50(43)57-51/h3-36H,1-2H3. The minimum absolute atomic E-state index is 1.15. The molecule has 0 N–H and O–H groups in total. The Morgan fingerprint density at radius 2 is 0.966 bits per heavy atom. The summed E-state index contributed by atoms with van der Waals surface area (Å²) < 4.78 is 2.62. The second kappa shape index (κ2) is 13.7. The van der Waals surface area contributed by atoms with Gasteiger partial charge >= 0.3 is 0 Å². The molecule has 0 spiro atoms. The summed E-state index contributed by atoms with van der Waals surface area (Å²) in [5.74, 6) is 0. The van der Waals surface area contributed by atoms with Crippen LogP contribution in [-0.2, 0) is 0 Å². The average molecular weight is 777 g/mol. The predicted octanol–water partition coefficient (Wildman–Crippen LogP) is 14.6. The second-order valence-electron chi connectivity index (χ2n) is 15.7. The van der Waals surface area contributed by atoms with E-state index in [0.717, 1.165) is 22.7 Å². The van der Waals surface area contributed by atoms with Gasteiger partial charge in [-0.1, -0.05) is 147 Å². The van der Waals surface area contributed by atoms with Gasteiger partial charge in [-0.05, 0) is 105 Å². The van der Waals surface area contributed by atoms with E-state index in [0.29, 0.717) is 0 Å². The topological polar surface area (TPSA) is 6.48 Å². The fraction of sp³-hybridized carbons (Fsp3) is 0.0370. The van der Waals surface area contributed by atoms with Gasteiger partial charge in [0.15, 0.2) is 0 Å². The minimum Gasteiger partial charge on any atom is -0.311 e. The molecule has 2 heterocycles. The number of fused-ring (bicyclic) bond motifs is 5. The van der Waals surface area contributed by atoms with Crippen LogP contribution in [0, 0.1) is 0 Å². The quantitative estimate of drug-likeness (QED) is 0.149. The van der Waals surface area contributed by atoms with E-state index >= 15 is 0 Å². The summed E-state index contributed by atoms with van der Waals surface area (Å²) in [6, 6.07) is 76.0. The minimum atomic E-state index is -2.22. The maximum Gasteiger partial charge on any atom is 0.113 e. The number of para-hydroxylation sites is 3. The summed E-state index contributed by atoms with van der Waals surface area (Å²) in [5, 5.41) is 8.20. The van der Waals surface area contributed by atoms with Gasteiger partial charge in [0.05, 0.1) is 11.4 Å². The van der Waals surface area contributed by atoms with Gasteiger partial charge in [0.1, 0.15) is 8.07 Å². The Morgan fingerprint density at radius 1 is 0.362 bits per heavy atom. The van der Waals surface area contributed by atoms with Crippen LogP contribution in [0.5, 0.6) is 0 Å². The van der Waals surface area contributed by atoms with Gasteiger partial charge in [-0.2, -0.15) is 0 Å². The van der Waals surface area contributed by atoms with Crippen LogP contribution >= 0.6 is 11.3 Å². The first-order valence-electron chi connectivity index (χ1n) is 20.0. The van der Waals surface area contributed by atoms with Crippen molar-refractivity contribution in [3.63, 3.8) is 0 Å². The summed E-state index contributed by atoms with van der Waals surface area (Å²) in [5.41, 5.74) is 12.0. The normalized spacial score (nSPS) is 12.8. The van der Waals surface area contributed by atoms with Crippen molar-refractivity contribution in [2.45, 2.75) is 13.1 Å². The van der Waals surface area contributed by atoms with E-state index in [4.69, 9.17) is 0 Å². The summed E-state index contributed by atoms with van der Waals surface area (Å²) in [6.07, 6.45) is 0. The molecule has 9 aromatic carbocycles. The van der Waals surface area contributed by atoms with Crippen molar-refractivity contribution in [2.75, 3.05) is 9.80 Å². The third kappa shape index (κ3) is 5.52. The monoisotopic (exact) mass is 776 g/mol. The number of anilines is 6. The Morgan fingerprint density at radius 3 is 1.74 bits per heavy atom. The molecule has 0 atom stereocenters. The van der Waals surface area contributed by atoms with Gasteiger partial charge in [0.25, 0.3) is 0 Å². The molecule has 276 valence electrons. The molecule has 1 aliphatic heterocycles. The molecule has 58 heavy (non-hydrogen) atoms. The molecule has 1 aromatic heterocycles. The van der Waals surface area contributed by atoms with Crippen molar-refractivity contribution >= 4 is 94.9 Å². The molecule has 0 radical (unpaired) electrons. The highest BCUT2D eigenvalue weighted by Crippen LogP contribution is 2.48.